The van der Waals surface area contributed by atoms with Crippen LogP contribution in [-0.2, 0) is 11.3 Å². The van der Waals surface area contributed by atoms with Crippen LogP contribution in [0.3, 0.4) is 0 Å². The number of aliphatic hydroxyl groups is 2. The number of hydrogen-bond donors (Lipinski definition) is 3. The molecule has 11 nitrogen and oxygen atoms in total. The Kier molecular flexibility index (Phi) is 5.57. The Morgan fingerprint density at radius 1 is 1.40 bits per heavy atom. The summed E-state index contributed by atoms with van der Waals surface area (Å²) in [4.78, 5) is 37.4. The highest BCUT2D eigenvalue weighted by Gasteiger charge is 2.35. The summed E-state index contributed by atoms with van der Waals surface area (Å²) >= 11 is 0. The minimum Gasteiger partial charge on any atom is -0.394 e. The number of nitrogen functional groups attached to an aromatic ring is 1. The van der Waals surface area contributed by atoms with Crippen LogP contribution in [0, 0.1) is 0 Å². The quantitative estimate of drug-likeness (QED) is 0.448. The van der Waals surface area contributed by atoms with Gasteiger partial charge in [-0.15, -0.1) is 0 Å². The Morgan fingerprint density at radius 2 is 2.23 bits per heavy atom. The molecule has 1 saturated heterocycles. The van der Waals surface area contributed by atoms with E-state index in [2.05, 4.69) is 15.0 Å². The van der Waals surface area contributed by atoms with Crippen molar-refractivity contribution in [1.29, 1.82) is 0 Å². The van der Waals surface area contributed by atoms with Crippen molar-refractivity contribution in [3.63, 3.8) is 0 Å². The van der Waals surface area contributed by atoms with Crippen molar-refractivity contribution in [1.82, 2.24) is 24.1 Å². The molecule has 0 radical (unpaired) electrons. The number of ketones is 1. The van der Waals surface area contributed by atoms with Gasteiger partial charge in [0.1, 0.15) is 12.3 Å². The van der Waals surface area contributed by atoms with Crippen LogP contribution in [0.15, 0.2) is 35.6 Å². The zero-order chi connectivity index (χ0) is 21.3. The molecular formula is C19H22N6O5. The van der Waals surface area contributed by atoms with Gasteiger partial charge in [0.15, 0.2) is 16.9 Å². The molecule has 0 bridgehead atoms. The number of ether oxygens (including phenoxy) is 1. The number of nitrogens with zero attached hydrogens (tertiary/aromatic N) is 5. The van der Waals surface area contributed by atoms with E-state index in [0.29, 0.717) is 12.0 Å². The van der Waals surface area contributed by atoms with E-state index in [1.807, 2.05) is 0 Å². The van der Waals surface area contributed by atoms with Crippen molar-refractivity contribution in [3.8, 4) is 0 Å². The molecule has 3 aromatic heterocycles. The number of carbonyl (C=O) groups is 1. The van der Waals surface area contributed by atoms with Crippen LogP contribution in [0.2, 0.25) is 0 Å². The number of hydrogen-bond acceptors (Lipinski definition) is 9. The van der Waals surface area contributed by atoms with Gasteiger partial charge in [0, 0.05) is 37.3 Å². The third kappa shape index (κ3) is 3.70. The number of nitrogens with two attached hydrogens (primary N) is 1. The first-order chi connectivity index (χ1) is 14.5. The average Bonchev–Trinajstić information content (AvgIpc) is 3.33. The molecule has 0 amide bonds. The van der Waals surface area contributed by atoms with Gasteiger partial charge in [0.2, 0.25) is 5.95 Å². The lowest BCUT2D eigenvalue weighted by atomic mass is 10.1. The maximum atomic E-state index is 12.9. The number of aliphatic hydroxyl groups excluding tert-OH is 2. The molecule has 11 heteroatoms. The molecule has 1 aliphatic rings. The van der Waals surface area contributed by atoms with Crippen molar-refractivity contribution in [2.45, 2.75) is 44.2 Å². The lowest BCUT2D eigenvalue weighted by Gasteiger charge is -2.14. The SMILES string of the molecule is Nc1nc2c(ncn2[C@H]2C[C@H](O)[C@@H](CO)O2)c(=O)n1CCCC(=O)c1cccnc1. The summed E-state index contributed by atoms with van der Waals surface area (Å²) in [5, 5.41) is 19.2. The molecule has 1 aliphatic heterocycles. The molecule has 30 heavy (non-hydrogen) atoms. The third-order valence-electron chi connectivity index (χ3n) is 5.18. The molecule has 158 valence electrons. The second kappa shape index (κ2) is 8.30. The van der Waals surface area contributed by atoms with Gasteiger partial charge < -0.3 is 20.7 Å². The molecule has 0 aliphatic carbocycles. The summed E-state index contributed by atoms with van der Waals surface area (Å²) < 4.78 is 8.43. The topological polar surface area (TPSA) is 158 Å². The third-order valence-corrected chi connectivity index (χ3v) is 5.18. The van der Waals surface area contributed by atoms with Gasteiger partial charge in [-0.3, -0.25) is 23.7 Å². The van der Waals surface area contributed by atoms with Gasteiger partial charge in [0.05, 0.1) is 19.0 Å². The van der Waals surface area contributed by atoms with Crippen molar-refractivity contribution < 1.29 is 19.7 Å². The molecule has 0 aromatic carbocycles. The first-order valence-corrected chi connectivity index (χ1v) is 9.60. The second-order valence-electron chi connectivity index (χ2n) is 7.13. The number of Topliss-reactive ketones (excluding diaryl/α,β-unsaturated/α-hetero) is 1. The second-order valence-corrected chi connectivity index (χ2v) is 7.13. The van der Waals surface area contributed by atoms with Crippen LogP contribution in [0.1, 0.15) is 35.8 Å². The predicted octanol–water partition coefficient (Wildman–Crippen LogP) is -0.126. The molecule has 1 fully saturated rings. The van der Waals surface area contributed by atoms with Crippen molar-refractivity contribution in [2.24, 2.45) is 0 Å². The highest BCUT2D eigenvalue weighted by atomic mass is 16.5. The highest BCUT2D eigenvalue weighted by Crippen LogP contribution is 2.30. The van der Waals surface area contributed by atoms with Crippen molar-refractivity contribution in [2.75, 3.05) is 12.3 Å². The van der Waals surface area contributed by atoms with Crippen LogP contribution in [-0.4, -0.2) is 58.9 Å². The Bertz CT molecular complexity index is 1110. The zero-order valence-corrected chi connectivity index (χ0v) is 16.1. The van der Waals surface area contributed by atoms with Gasteiger partial charge in [-0.2, -0.15) is 4.98 Å². The molecule has 0 saturated carbocycles. The normalized spacial score (nSPS) is 21.3. The van der Waals surface area contributed by atoms with Crippen molar-refractivity contribution >= 4 is 22.9 Å². The van der Waals surface area contributed by atoms with Gasteiger partial charge in [-0.1, -0.05) is 0 Å². The van der Waals surface area contributed by atoms with Crippen LogP contribution in [0.25, 0.3) is 11.2 Å². The number of pyridine rings is 1. The Labute approximate surface area is 170 Å². The molecule has 4 heterocycles. The number of anilines is 1. The van der Waals surface area contributed by atoms with E-state index in [1.165, 1.54) is 21.7 Å². The first kappa shape index (κ1) is 20.1. The number of imidazole rings is 1. The summed E-state index contributed by atoms with van der Waals surface area (Å²) in [6, 6.07) is 3.39. The van der Waals surface area contributed by atoms with Gasteiger partial charge in [-0.05, 0) is 18.6 Å². The highest BCUT2D eigenvalue weighted by molar-refractivity contribution is 5.95. The van der Waals surface area contributed by atoms with Crippen LogP contribution in [0.4, 0.5) is 5.95 Å². The summed E-state index contributed by atoms with van der Waals surface area (Å²) in [5.74, 6) is -0.0660. The monoisotopic (exact) mass is 414 g/mol. The van der Waals surface area contributed by atoms with E-state index in [9.17, 15) is 19.8 Å². The molecule has 3 atom stereocenters. The van der Waals surface area contributed by atoms with Gasteiger partial charge in [-0.25, -0.2) is 4.98 Å². The minimum atomic E-state index is -0.826. The predicted molar refractivity (Wildman–Crippen MR) is 106 cm³/mol. The van der Waals surface area contributed by atoms with E-state index in [-0.39, 0.29) is 48.9 Å². The average molecular weight is 414 g/mol. The van der Waals surface area contributed by atoms with Crippen LogP contribution >= 0.6 is 0 Å². The Balaban J connectivity index is 1.52. The maximum Gasteiger partial charge on any atom is 0.283 e. The molecule has 4 N–H and O–H groups in total. The fraction of sp³-hybridized carbons (Fsp3) is 0.421. The minimum absolute atomic E-state index is 0.000306. The Morgan fingerprint density at radius 3 is 2.93 bits per heavy atom. The smallest absolute Gasteiger partial charge is 0.283 e. The van der Waals surface area contributed by atoms with Gasteiger partial charge in [0.25, 0.3) is 5.56 Å². The summed E-state index contributed by atoms with van der Waals surface area (Å²) in [5.41, 5.74) is 6.48. The van der Waals surface area contributed by atoms with Crippen LogP contribution in [0.5, 0.6) is 0 Å². The number of carbonyl (C=O) groups excluding carboxylic acids is 1. The maximum absolute atomic E-state index is 12.9. The molecular weight excluding hydrogens is 392 g/mol. The number of aromatic nitrogens is 5. The Hall–Kier alpha value is -3.15. The molecule has 0 spiro atoms. The van der Waals surface area contributed by atoms with Crippen LogP contribution < -0.4 is 11.3 Å². The lowest BCUT2D eigenvalue weighted by Crippen LogP contribution is -2.26. The van der Waals surface area contributed by atoms with E-state index in [4.69, 9.17) is 10.5 Å². The largest absolute Gasteiger partial charge is 0.394 e. The lowest BCUT2D eigenvalue weighted by molar-refractivity contribution is -0.0432. The zero-order valence-electron chi connectivity index (χ0n) is 16.1. The standard InChI is InChI=1S/C19H22N6O5/c20-19-23-17-16(22-10-25(17)15-7-13(28)14(9-26)30-15)18(29)24(19)6-2-4-12(27)11-3-1-5-21-8-11/h1,3,5,8,10,13-15,26,28H,2,4,6-7,9H2,(H2,20,23)/t13-,14+,15+/m0/s1. The summed E-state index contributed by atoms with van der Waals surface area (Å²) in [6.07, 6.45) is 3.24. The number of rotatable bonds is 7. The molecule has 0 unspecified atom stereocenters. The summed E-state index contributed by atoms with van der Waals surface area (Å²) in [6.45, 7) is -0.0951. The number of fused-ring (bicyclic) bond motifs is 1. The summed E-state index contributed by atoms with van der Waals surface area (Å²) in [7, 11) is 0. The van der Waals surface area contributed by atoms with E-state index in [0.717, 1.165) is 0 Å². The molecule has 3 aromatic rings. The van der Waals surface area contributed by atoms with E-state index < -0.39 is 24.0 Å². The van der Waals surface area contributed by atoms with Gasteiger partial charge >= 0.3 is 0 Å². The van der Waals surface area contributed by atoms with Crippen molar-refractivity contribution in [3.05, 3.63) is 46.8 Å². The van der Waals surface area contributed by atoms with E-state index >= 15 is 0 Å². The fourth-order valence-electron chi connectivity index (χ4n) is 3.56. The fourth-order valence-corrected chi connectivity index (χ4v) is 3.56. The van der Waals surface area contributed by atoms with E-state index in [1.54, 1.807) is 18.3 Å². The molecule has 4 rings (SSSR count). The first-order valence-electron chi connectivity index (χ1n) is 9.60.